The fourth-order valence-corrected chi connectivity index (χ4v) is 5.96. The standard InChI is InChI=1S/C18H28NO10S.ClH/c20-5-12(22)17(26)18(29-7-10-1-3-11(4-2-10)19(27)28)14(24)9-30-8-13(23)16(25)15(30)6-21;/h1-4,12-18,20-26H,5-9H2;1H/q+1;/p-1/t12-,13+,14+,15+,16-,17+,18-,30?;/m0./s1. The predicted octanol–water partition coefficient (Wildman–Crippen LogP) is -5.73. The number of halogens is 1. The van der Waals surface area contributed by atoms with Crippen LogP contribution in [0, 0.1) is 10.1 Å². The highest BCUT2D eigenvalue weighted by Crippen LogP contribution is 2.26. The zero-order chi connectivity index (χ0) is 22.4. The number of nitro benzene ring substituents is 1. The molecule has 0 aromatic heterocycles. The molecule has 8 atom stereocenters. The average Bonchev–Trinajstić information content (AvgIpc) is 2.99. The van der Waals surface area contributed by atoms with Crippen LogP contribution in [0.15, 0.2) is 24.3 Å². The molecule has 7 N–H and O–H groups in total. The Morgan fingerprint density at radius 2 is 1.74 bits per heavy atom. The van der Waals surface area contributed by atoms with Gasteiger partial charge in [-0.25, -0.2) is 0 Å². The van der Waals surface area contributed by atoms with Gasteiger partial charge < -0.3 is 52.9 Å². The summed E-state index contributed by atoms with van der Waals surface area (Å²) in [7, 11) is -0.774. The number of nitrogens with zero attached hydrogens (tertiary/aromatic N) is 1. The SMILES string of the molecule is O=[N+]([O-])c1ccc(CO[C@H]([C@H](O)[C@@H](O)CO)[C@H](O)C[S+]2C[C@@H](O)[C@H](O)[C@H]2CO)cc1.[Cl-]. The van der Waals surface area contributed by atoms with Crippen molar-refractivity contribution in [1.29, 1.82) is 0 Å². The van der Waals surface area contributed by atoms with Crippen molar-refractivity contribution in [1.82, 2.24) is 0 Å². The predicted molar refractivity (Wildman–Crippen MR) is 107 cm³/mol. The molecule has 1 heterocycles. The quantitative estimate of drug-likeness (QED) is 0.0901. The van der Waals surface area contributed by atoms with Gasteiger partial charge in [-0.2, -0.15) is 0 Å². The molecule has 31 heavy (non-hydrogen) atoms. The molecule has 0 spiro atoms. The number of non-ortho nitro benzene ring substituents is 1. The van der Waals surface area contributed by atoms with Crippen molar-refractivity contribution in [3.63, 3.8) is 0 Å². The van der Waals surface area contributed by atoms with Gasteiger partial charge in [0.1, 0.15) is 48.1 Å². The summed E-state index contributed by atoms with van der Waals surface area (Å²) in [6.45, 7) is -1.30. The van der Waals surface area contributed by atoms with Crippen molar-refractivity contribution in [3.05, 3.63) is 39.9 Å². The van der Waals surface area contributed by atoms with Crippen LogP contribution in [0.1, 0.15) is 5.56 Å². The second-order valence-electron chi connectivity index (χ2n) is 7.16. The lowest BCUT2D eigenvalue weighted by atomic mass is 10.0. The van der Waals surface area contributed by atoms with E-state index in [0.717, 1.165) is 0 Å². The summed E-state index contributed by atoms with van der Waals surface area (Å²) in [6, 6.07) is 5.45. The van der Waals surface area contributed by atoms with Gasteiger partial charge in [0, 0.05) is 23.0 Å². The first-order valence-corrected chi connectivity index (χ1v) is 11.0. The second-order valence-corrected chi connectivity index (χ2v) is 9.50. The van der Waals surface area contributed by atoms with Gasteiger partial charge in [-0.1, -0.05) is 0 Å². The maximum Gasteiger partial charge on any atom is 0.269 e. The number of ether oxygens (including phenoxy) is 1. The lowest BCUT2D eigenvalue weighted by molar-refractivity contribution is -0.384. The number of rotatable bonds is 11. The summed E-state index contributed by atoms with van der Waals surface area (Å²) in [5.74, 6) is 0.149. The molecular formula is C18H28ClNO10S. The normalized spacial score (nSPS) is 27.2. The van der Waals surface area contributed by atoms with E-state index in [1.54, 1.807) is 0 Å². The van der Waals surface area contributed by atoms with Crippen LogP contribution in [0.5, 0.6) is 0 Å². The van der Waals surface area contributed by atoms with Gasteiger partial charge in [0.15, 0.2) is 5.25 Å². The summed E-state index contributed by atoms with van der Waals surface area (Å²) in [5.41, 5.74) is 0.409. The molecule has 0 bridgehead atoms. The molecule has 0 saturated carbocycles. The van der Waals surface area contributed by atoms with Crippen molar-refractivity contribution >= 4 is 16.6 Å². The van der Waals surface area contributed by atoms with E-state index in [9.17, 15) is 40.8 Å². The molecule has 1 unspecified atom stereocenters. The zero-order valence-electron chi connectivity index (χ0n) is 16.5. The van der Waals surface area contributed by atoms with Crippen molar-refractivity contribution in [2.45, 2.75) is 48.5 Å². The Kier molecular flexibility index (Phi) is 11.6. The van der Waals surface area contributed by atoms with Gasteiger partial charge >= 0.3 is 0 Å². The summed E-state index contributed by atoms with van der Waals surface area (Å²) in [5, 5.41) is 79.3. The van der Waals surface area contributed by atoms with Crippen LogP contribution >= 0.6 is 0 Å². The molecule has 1 aromatic rings. The molecule has 1 aliphatic rings. The Morgan fingerprint density at radius 1 is 1.13 bits per heavy atom. The third-order valence-corrected chi connectivity index (χ3v) is 7.86. The number of aliphatic hydroxyl groups excluding tert-OH is 7. The average molecular weight is 486 g/mol. The Bertz CT molecular complexity index is 684. The first-order chi connectivity index (χ1) is 14.2. The van der Waals surface area contributed by atoms with Crippen molar-refractivity contribution in [3.8, 4) is 0 Å². The van der Waals surface area contributed by atoms with Crippen LogP contribution in [-0.4, -0.2) is 107 Å². The minimum atomic E-state index is -1.64. The first kappa shape index (κ1) is 28.0. The Labute approximate surface area is 187 Å². The van der Waals surface area contributed by atoms with Gasteiger partial charge in [-0.3, -0.25) is 10.1 Å². The van der Waals surface area contributed by atoms with E-state index >= 15 is 0 Å². The molecule has 0 radical (unpaired) electrons. The van der Waals surface area contributed by atoms with Crippen molar-refractivity contribution < 1.29 is 57.8 Å². The molecule has 0 aliphatic carbocycles. The summed E-state index contributed by atoms with van der Waals surface area (Å²) in [6.07, 6.45) is -8.06. The highest BCUT2D eigenvalue weighted by molar-refractivity contribution is 7.97. The fourth-order valence-electron chi connectivity index (χ4n) is 3.28. The fraction of sp³-hybridized carbons (Fsp3) is 0.667. The molecule has 1 aromatic carbocycles. The van der Waals surface area contributed by atoms with E-state index in [-0.39, 0.29) is 42.8 Å². The molecule has 1 aliphatic heterocycles. The number of hydrogen-bond donors (Lipinski definition) is 7. The Morgan fingerprint density at radius 3 is 2.26 bits per heavy atom. The maximum atomic E-state index is 10.7. The molecule has 1 saturated heterocycles. The van der Waals surface area contributed by atoms with Crippen molar-refractivity contribution in [2.75, 3.05) is 24.7 Å². The van der Waals surface area contributed by atoms with Gasteiger partial charge in [0.05, 0.1) is 24.7 Å². The van der Waals surface area contributed by atoms with E-state index in [1.165, 1.54) is 24.3 Å². The van der Waals surface area contributed by atoms with E-state index in [2.05, 4.69) is 0 Å². The minimum Gasteiger partial charge on any atom is -1.00 e. The number of aliphatic hydroxyl groups is 7. The van der Waals surface area contributed by atoms with Crippen LogP contribution in [0.3, 0.4) is 0 Å². The van der Waals surface area contributed by atoms with Crippen LogP contribution in [0.25, 0.3) is 0 Å². The maximum absolute atomic E-state index is 10.7. The smallest absolute Gasteiger partial charge is 0.269 e. The third kappa shape index (κ3) is 7.22. The van der Waals surface area contributed by atoms with Crippen molar-refractivity contribution in [2.24, 2.45) is 0 Å². The van der Waals surface area contributed by atoms with Crippen LogP contribution in [0.2, 0.25) is 0 Å². The molecule has 13 heteroatoms. The van der Waals surface area contributed by atoms with Gasteiger partial charge in [0.25, 0.3) is 5.69 Å². The molecule has 2 rings (SSSR count). The topological polar surface area (TPSA) is 194 Å². The summed E-state index contributed by atoms with van der Waals surface area (Å²) >= 11 is 0. The first-order valence-electron chi connectivity index (χ1n) is 9.32. The molecular weight excluding hydrogens is 458 g/mol. The van der Waals surface area contributed by atoms with Gasteiger partial charge in [-0.05, 0) is 17.7 Å². The lowest BCUT2D eigenvalue weighted by Crippen LogP contribution is -3.00. The molecule has 0 amide bonds. The summed E-state index contributed by atoms with van der Waals surface area (Å²) in [4.78, 5) is 10.2. The third-order valence-electron chi connectivity index (χ3n) is 5.04. The van der Waals surface area contributed by atoms with Crippen LogP contribution < -0.4 is 12.4 Å². The lowest BCUT2D eigenvalue weighted by Gasteiger charge is -2.29. The molecule has 1 fully saturated rings. The summed E-state index contributed by atoms with van der Waals surface area (Å²) < 4.78 is 5.58. The number of benzene rings is 1. The van der Waals surface area contributed by atoms with Crippen LogP contribution in [-0.2, 0) is 22.2 Å². The molecule has 11 nitrogen and oxygen atoms in total. The van der Waals surface area contributed by atoms with Crippen LogP contribution in [0.4, 0.5) is 5.69 Å². The van der Waals surface area contributed by atoms with Gasteiger partial charge in [0.2, 0.25) is 0 Å². The second kappa shape index (κ2) is 12.8. The Hall–Kier alpha value is -1.06. The largest absolute Gasteiger partial charge is 1.00 e. The van der Waals surface area contributed by atoms with E-state index in [0.29, 0.717) is 5.56 Å². The monoisotopic (exact) mass is 485 g/mol. The minimum absolute atomic E-state index is 0. The zero-order valence-corrected chi connectivity index (χ0v) is 18.0. The van der Waals surface area contributed by atoms with E-state index < -0.39 is 64.3 Å². The molecule has 178 valence electrons. The van der Waals surface area contributed by atoms with E-state index in [1.807, 2.05) is 0 Å². The van der Waals surface area contributed by atoms with Gasteiger partial charge in [-0.15, -0.1) is 0 Å². The van der Waals surface area contributed by atoms with E-state index in [4.69, 9.17) is 9.84 Å². The number of nitro groups is 1. The Balaban J connectivity index is 0.00000480. The highest BCUT2D eigenvalue weighted by Gasteiger charge is 2.51. The number of hydrogen-bond acceptors (Lipinski definition) is 10. The highest BCUT2D eigenvalue weighted by atomic mass is 35.5.